The van der Waals surface area contributed by atoms with Crippen molar-refractivity contribution >= 4 is 29.2 Å². The third kappa shape index (κ3) is 5.52. The van der Waals surface area contributed by atoms with E-state index in [1.165, 1.54) is 12.3 Å². The zero-order valence-electron chi connectivity index (χ0n) is 16.4. The average Bonchev–Trinajstić information content (AvgIpc) is 2.73. The molecule has 5 N–H and O–H groups in total. The van der Waals surface area contributed by atoms with Gasteiger partial charge in [-0.15, -0.1) is 0 Å². The van der Waals surface area contributed by atoms with Crippen LogP contribution in [0.2, 0.25) is 5.02 Å². The van der Waals surface area contributed by atoms with E-state index in [1.807, 2.05) is 0 Å². The second-order valence-corrected chi connectivity index (χ2v) is 7.24. The topological polar surface area (TPSA) is 124 Å². The van der Waals surface area contributed by atoms with Crippen LogP contribution >= 0.6 is 11.6 Å². The highest BCUT2D eigenvalue weighted by Gasteiger charge is 2.33. The number of nitrogens with zero attached hydrogens (tertiary/aromatic N) is 2. The number of carbonyl (C=O) groups excluding carboxylic acids is 2. The predicted molar refractivity (Wildman–Crippen MR) is 112 cm³/mol. The van der Waals surface area contributed by atoms with Crippen molar-refractivity contribution in [2.75, 3.05) is 5.73 Å². The maximum absolute atomic E-state index is 13.0. The van der Waals surface area contributed by atoms with Gasteiger partial charge in [-0.2, -0.15) is 13.2 Å². The van der Waals surface area contributed by atoms with Crippen molar-refractivity contribution in [2.24, 2.45) is 5.73 Å². The Bertz CT molecular complexity index is 1180. The number of nitrogens with one attached hydrogen (secondary N) is 1. The number of nitrogen functional groups attached to an aromatic ring is 1. The molecular formula is C21H17ClF3N5O2. The molecule has 2 aromatic carbocycles. The van der Waals surface area contributed by atoms with Crippen molar-refractivity contribution in [3.8, 4) is 0 Å². The second kappa shape index (κ2) is 9.23. The van der Waals surface area contributed by atoms with Crippen LogP contribution in [0.4, 0.5) is 19.0 Å². The lowest BCUT2D eigenvalue weighted by Gasteiger charge is -2.12. The normalized spacial score (nSPS) is 11.2. The molecule has 0 saturated heterocycles. The van der Waals surface area contributed by atoms with E-state index in [1.54, 1.807) is 24.3 Å². The van der Waals surface area contributed by atoms with Crippen LogP contribution in [0.1, 0.15) is 43.2 Å². The van der Waals surface area contributed by atoms with Gasteiger partial charge in [0, 0.05) is 18.5 Å². The number of hydrogen-bond donors (Lipinski definition) is 3. The summed E-state index contributed by atoms with van der Waals surface area (Å²) in [7, 11) is 0. The number of hydrogen-bond acceptors (Lipinski definition) is 5. The Kier molecular flexibility index (Phi) is 6.64. The van der Waals surface area contributed by atoms with Gasteiger partial charge in [-0.3, -0.25) is 9.59 Å². The quantitative estimate of drug-likeness (QED) is 0.517. The number of anilines is 1. The van der Waals surface area contributed by atoms with Gasteiger partial charge in [0.25, 0.3) is 11.8 Å². The van der Waals surface area contributed by atoms with Crippen molar-refractivity contribution in [3.63, 3.8) is 0 Å². The first-order valence-electron chi connectivity index (χ1n) is 9.18. The van der Waals surface area contributed by atoms with E-state index in [9.17, 15) is 22.8 Å². The first kappa shape index (κ1) is 23.0. The molecule has 0 spiro atoms. The number of amides is 2. The van der Waals surface area contributed by atoms with E-state index in [0.29, 0.717) is 16.8 Å². The highest BCUT2D eigenvalue weighted by molar-refractivity contribution is 6.31. The number of aromatic nitrogens is 2. The van der Waals surface area contributed by atoms with E-state index >= 15 is 0 Å². The van der Waals surface area contributed by atoms with Crippen LogP contribution in [-0.4, -0.2) is 21.8 Å². The Balaban J connectivity index is 1.71. The van der Waals surface area contributed by atoms with Crippen molar-refractivity contribution in [3.05, 3.63) is 87.3 Å². The average molecular weight is 464 g/mol. The smallest absolute Gasteiger partial charge is 0.382 e. The molecule has 0 unspecified atom stereocenters. The minimum Gasteiger partial charge on any atom is -0.382 e. The molecule has 32 heavy (non-hydrogen) atoms. The van der Waals surface area contributed by atoms with Crippen molar-refractivity contribution in [1.82, 2.24) is 15.3 Å². The van der Waals surface area contributed by atoms with Gasteiger partial charge in [-0.1, -0.05) is 29.8 Å². The molecule has 0 bridgehead atoms. The van der Waals surface area contributed by atoms with E-state index in [2.05, 4.69) is 15.3 Å². The molecule has 11 heteroatoms. The molecule has 0 saturated carbocycles. The highest BCUT2D eigenvalue weighted by atomic mass is 35.5. The maximum atomic E-state index is 13.0. The summed E-state index contributed by atoms with van der Waals surface area (Å²) in [4.78, 5) is 31.8. The van der Waals surface area contributed by atoms with Crippen LogP contribution in [-0.2, 0) is 19.1 Å². The van der Waals surface area contributed by atoms with E-state index < -0.39 is 28.6 Å². The van der Waals surface area contributed by atoms with Gasteiger partial charge in [-0.05, 0) is 35.4 Å². The van der Waals surface area contributed by atoms with E-state index in [4.69, 9.17) is 23.1 Å². The van der Waals surface area contributed by atoms with Crippen molar-refractivity contribution in [1.29, 1.82) is 0 Å². The maximum Gasteiger partial charge on any atom is 0.417 e. The lowest BCUT2D eigenvalue weighted by atomic mass is 10.1. The summed E-state index contributed by atoms with van der Waals surface area (Å²) in [5.74, 6) is -1.36. The molecular weight excluding hydrogens is 447 g/mol. The molecule has 0 aliphatic carbocycles. The third-order valence-corrected chi connectivity index (χ3v) is 4.78. The summed E-state index contributed by atoms with van der Waals surface area (Å²) in [6, 6.07) is 9.99. The highest BCUT2D eigenvalue weighted by Crippen LogP contribution is 2.35. The van der Waals surface area contributed by atoms with Crippen molar-refractivity contribution < 1.29 is 22.8 Å². The zero-order chi connectivity index (χ0) is 23.5. The minimum absolute atomic E-state index is 0.0785. The summed E-state index contributed by atoms with van der Waals surface area (Å²) >= 11 is 5.61. The second-order valence-electron chi connectivity index (χ2n) is 6.83. The van der Waals surface area contributed by atoms with E-state index in [0.717, 1.165) is 12.1 Å². The van der Waals surface area contributed by atoms with Gasteiger partial charge in [-0.25, -0.2) is 9.97 Å². The van der Waals surface area contributed by atoms with Crippen LogP contribution in [0.5, 0.6) is 0 Å². The van der Waals surface area contributed by atoms with Crippen LogP contribution in [0.15, 0.2) is 48.7 Å². The Hall–Kier alpha value is -3.66. The number of alkyl halides is 3. The number of nitrogens with two attached hydrogens (primary N) is 2. The molecule has 0 aliphatic rings. The molecule has 3 aromatic rings. The van der Waals surface area contributed by atoms with Gasteiger partial charge in [0.2, 0.25) is 0 Å². The van der Waals surface area contributed by atoms with Gasteiger partial charge >= 0.3 is 6.18 Å². The molecule has 166 valence electrons. The third-order valence-electron chi connectivity index (χ3n) is 4.45. The van der Waals surface area contributed by atoms with Crippen LogP contribution in [0.25, 0.3) is 0 Å². The Morgan fingerprint density at radius 3 is 2.53 bits per heavy atom. The minimum atomic E-state index is -4.59. The van der Waals surface area contributed by atoms with Gasteiger partial charge < -0.3 is 16.8 Å². The van der Waals surface area contributed by atoms with Gasteiger partial charge in [0.15, 0.2) is 11.5 Å². The number of carbonyl (C=O) groups is 2. The first-order valence-corrected chi connectivity index (χ1v) is 9.56. The SMILES string of the molecule is NC(=O)c1nc(Cc2cccc(C(=O)NCc3ccc(Cl)c(C(F)(F)F)c3)c2)cnc1N. The molecule has 2 amide bonds. The summed E-state index contributed by atoms with van der Waals surface area (Å²) in [6.07, 6.45) is -2.95. The zero-order valence-corrected chi connectivity index (χ0v) is 17.2. The van der Waals surface area contributed by atoms with Gasteiger partial charge in [0.1, 0.15) is 0 Å². The molecule has 0 aliphatic heterocycles. The fourth-order valence-electron chi connectivity index (χ4n) is 2.92. The lowest BCUT2D eigenvalue weighted by Crippen LogP contribution is -2.23. The largest absolute Gasteiger partial charge is 0.417 e. The Morgan fingerprint density at radius 1 is 1.09 bits per heavy atom. The summed E-state index contributed by atoms with van der Waals surface area (Å²) in [6.45, 7) is -0.116. The first-order chi connectivity index (χ1) is 15.0. The Labute approximate surface area is 185 Å². The summed E-state index contributed by atoms with van der Waals surface area (Å²) in [5, 5.41) is 2.17. The van der Waals surface area contributed by atoms with E-state index in [-0.39, 0.29) is 30.0 Å². The van der Waals surface area contributed by atoms with Crippen LogP contribution < -0.4 is 16.8 Å². The molecule has 1 heterocycles. The number of primary amides is 1. The molecule has 3 rings (SSSR count). The predicted octanol–water partition coefficient (Wildman–Crippen LogP) is 3.35. The molecule has 0 fully saturated rings. The monoisotopic (exact) mass is 463 g/mol. The number of benzene rings is 2. The number of rotatable bonds is 6. The molecule has 0 radical (unpaired) electrons. The van der Waals surface area contributed by atoms with Crippen LogP contribution in [0, 0.1) is 0 Å². The molecule has 1 aromatic heterocycles. The standard InChI is InChI=1S/C21H17ClF3N5O2/c22-16-5-4-12(8-15(16)21(23,24)25)9-29-20(32)13-3-1-2-11(6-13)7-14-10-28-18(26)17(30-14)19(27)31/h1-6,8,10H,7,9H2,(H2,26,28)(H2,27,31)(H,29,32). The Morgan fingerprint density at radius 2 is 1.84 bits per heavy atom. The fraction of sp³-hybridized carbons (Fsp3) is 0.143. The summed E-state index contributed by atoms with van der Waals surface area (Å²) in [5.41, 5.74) is 11.4. The fourth-order valence-corrected chi connectivity index (χ4v) is 3.14. The van der Waals surface area contributed by atoms with Crippen LogP contribution in [0.3, 0.4) is 0 Å². The summed E-state index contributed by atoms with van der Waals surface area (Å²) < 4.78 is 39.0. The molecule has 0 atom stereocenters. The lowest BCUT2D eigenvalue weighted by molar-refractivity contribution is -0.137. The van der Waals surface area contributed by atoms with Crippen molar-refractivity contribution in [2.45, 2.75) is 19.1 Å². The number of halogens is 4. The molecule has 7 nitrogen and oxygen atoms in total. The van der Waals surface area contributed by atoms with Gasteiger partial charge in [0.05, 0.1) is 22.5 Å².